The Hall–Kier alpha value is -2.69. The second-order valence-corrected chi connectivity index (χ2v) is 15.8. The molecule has 0 aliphatic carbocycles. The van der Waals surface area contributed by atoms with E-state index in [0.717, 1.165) is 0 Å². The number of aliphatic hydroxyl groups excluding tert-OH is 21. The summed E-state index contributed by atoms with van der Waals surface area (Å²) in [5.74, 6) is -1.83. The van der Waals surface area contributed by atoms with Crippen LogP contribution in [-0.2, 0) is 37.9 Å². The zero-order valence-corrected chi connectivity index (χ0v) is 37.3. The van der Waals surface area contributed by atoms with E-state index in [9.17, 15) is 97.0 Å². The lowest BCUT2D eigenvalue weighted by Gasteiger charge is -2.43. The highest BCUT2D eigenvalue weighted by molar-refractivity contribution is 5.02. The molecule has 0 aromatic rings. The molecule has 0 aromatic carbocycles. The first kappa shape index (κ1) is 63.4. The Morgan fingerprint density at radius 2 is 1.17 bits per heavy atom. The highest BCUT2D eigenvalue weighted by atomic mass is 16.7. The fourth-order valence-corrected chi connectivity index (χ4v) is 6.64. The lowest BCUT2D eigenvalue weighted by atomic mass is 9.98. The van der Waals surface area contributed by atoms with Crippen molar-refractivity contribution in [1.82, 2.24) is 0 Å². The summed E-state index contributed by atoms with van der Waals surface area (Å²) in [6.45, 7) is -5.41. The van der Waals surface area contributed by atoms with Gasteiger partial charge in [-0.05, 0) is 18.4 Å². The van der Waals surface area contributed by atoms with Crippen molar-refractivity contribution in [3.8, 4) is 0 Å². The predicted octanol–water partition coefficient (Wildman–Crippen LogP) is -9.39. The Morgan fingerprint density at radius 3 is 1.74 bits per heavy atom. The van der Waals surface area contributed by atoms with Crippen LogP contribution in [-0.4, -0.2) is 295 Å². The van der Waals surface area contributed by atoms with Crippen LogP contribution in [0.25, 0.3) is 10.4 Å². The third-order valence-electron chi connectivity index (χ3n) is 10.6. The first-order chi connectivity index (χ1) is 33.1. The van der Waals surface area contributed by atoms with Gasteiger partial charge >= 0.3 is 0 Å². The molecule has 32 nitrogen and oxygen atoms in total. The molecule has 410 valence electrons. The average Bonchev–Trinajstić information content (AvgIpc) is 3.32. The monoisotopic (exact) mass is 1030 g/mol. The van der Waals surface area contributed by atoms with E-state index in [2.05, 4.69) is 10.0 Å². The van der Waals surface area contributed by atoms with E-state index in [1.807, 2.05) is 0 Å². The number of hydrogen-bond acceptors (Lipinski definition) is 30. The van der Waals surface area contributed by atoms with Gasteiger partial charge in [-0.25, -0.2) is 0 Å². The summed E-state index contributed by atoms with van der Waals surface area (Å²) in [5, 5.41) is 220. The van der Waals surface area contributed by atoms with Gasteiger partial charge in [0, 0.05) is 56.3 Å². The SMILES string of the molecule is [N-]=[N+]=NCCO[C@H](O)C(O)C(O[C@@H](O)/C=C(\O)[C@H](O)CCO)[C@H](O)CCO[C@H]1OC(CO[C@@H](O)C(O[C@H]2OC(CO)[C@@H](O)C(O)C2O)C(O)[C@H](O)CCO)[C@@H](O)C(O[C@@H](O)/C=C(\O)[C@H](O)CCO)C1O. The zero-order valence-electron chi connectivity index (χ0n) is 37.3. The highest BCUT2D eigenvalue weighted by Gasteiger charge is 2.50. The average molecular weight is 1030 g/mol. The molecule has 21 N–H and O–H groups in total. The van der Waals surface area contributed by atoms with Gasteiger partial charge in [-0.15, -0.1) is 0 Å². The van der Waals surface area contributed by atoms with E-state index >= 15 is 0 Å². The van der Waals surface area contributed by atoms with Crippen LogP contribution in [0.2, 0.25) is 0 Å². The molecule has 0 radical (unpaired) electrons. The van der Waals surface area contributed by atoms with Gasteiger partial charge in [-0.2, -0.15) is 0 Å². The maximum atomic E-state index is 11.3. The van der Waals surface area contributed by atoms with Crippen molar-refractivity contribution >= 4 is 0 Å². The summed E-state index contributed by atoms with van der Waals surface area (Å²) >= 11 is 0. The zero-order chi connectivity index (χ0) is 52.8. The number of azide groups is 1. The van der Waals surface area contributed by atoms with Crippen molar-refractivity contribution in [3.63, 3.8) is 0 Å². The Bertz CT molecular complexity index is 1550. The van der Waals surface area contributed by atoms with Gasteiger partial charge < -0.3 is 145 Å². The summed E-state index contributed by atoms with van der Waals surface area (Å²) in [6.07, 6.45) is -45.8. The maximum absolute atomic E-state index is 11.3. The molecule has 2 aliphatic rings. The van der Waals surface area contributed by atoms with Gasteiger partial charge in [0.1, 0.15) is 97.0 Å². The fourth-order valence-electron chi connectivity index (χ4n) is 6.64. The number of aliphatic hydroxyl groups is 21. The second-order valence-electron chi connectivity index (χ2n) is 15.8. The number of hydrogen-bond donors (Lipinski definition) is 21. The van der Waals surface area contributed by atoms with Gasteiger partial charge in [0.25, 0.3) is 0 Å². The van der Waals surface area contributed by atoms with E-state index in [-0.39, 0.29) is 13.0 Å². The molecule has 0 amide bonds. The summed E-state index contributed by atoms with van der Waals surface area (Å²) < 4.78 is 42.9. The van der Waals surface area contributed by atoms with Crippen LogP contribution in [0, 0.1) is 0 Å². The Morgan fingerprint density at radius 1 is 0.586 bits per heavy atom. The number of nitrogens with zero attached hydrogens (tertiary/aromatic N) is 3. The standard InChI is InChI=1S/C38H69N3O29/c39-41-40-5-10-63-35(61)30(59)32(68-23(52)11-19(50)15(46)1-6-42)18(49)4-9-64-37-31(60)33(69-24(53)12-20(51)16(47)2-7-43)27(56)22(67-37)14-65-36(62)34(25(54)17(48)3-8-44)70-38-29(58)28(57)26(55)21(13-45)66-38/h11-12,15-18,21-38,42-62H,1-10,13-14H2/b19-11-,20-12-/t15-,16-,17-,18-,21?,22?,23-,24-,25?,26-,27-,28?,29?,30?,31?,32?,33?,34?,35+,36-,37+,38-/m1/s1. The lowest BCUT2D eigenvalue weighted by Crippen LogP contribution is -2.62. The second kappa shape index (κ2) is 32.5. The van der Waals surface area contributed by atoms with Crippen LogP contribution in [0.5, 0.6) is 0 Å². The minimum absolute atomic E-state index is 0.329. The lowest BCUT2D eigenvalue weighted by molar-refractivity contribution is -0.349. The quantitative estimate of drug-likeness (QED) is 0.00711. The van der Waals surface area contributed by atoms with Crippen molar-refractivity contribution in [3.05, 3.63) is 34.1 Å². The molecular formula is C38H69N3O29. The molecule has 2 aliphatic heterocycles. The molecule has 2 saturated heterocycles. The van der Waals surface area contributed by atoms with Gasteiger partial charge in [-0.3, -0.25) is 0 Å². The third kappa shape index (κ3) is 19.6. The molecule has 0 aromatic heterocycles. The molecule has 10 unspecified atom stereocenters. The van der Waals surface area contributed by atoms with Crippen LogP contribution in [0.4, 0.5) is 0 Å². The summed E-state index contributed by atoms with van der Waals surface area (Å²) in [7, 11) is 0. The summed E-state index contributed by atoms with van der Waals surface area (Å²) in [6, 6.07) is 0. The van der Waals surface area contributed by atoms with Crippen molar-refractivity contribution in [2.75, 3.05) is 52.8 Å². The van der Waals surface area contributed by atoms with Crippen molar-refractivity contribution in [1.29, 1.82) is 0 Å². The Balaban J connectivity index is 2.43. The topological polar surface area (TPSA) is 547 Å². The van der Waals surface area contributed by atoms with Gasteiger partial charge in [0.15, 0.2) is 37.7 Å². The van der Waals surface area contributed by atoms with Gasteiger partial charge in [0.05, 0.1) is 38.6 Å². The smallest absolute Gasteiger partial charge is 0.187 e. The third-order valence-corrected chi connectivity index (χ3v) is 10.6. The normalized spacial score (nSPS) is 31.0. The first-order valence-electron chi connectivity index (χ1n) is 21.7. The number of rotatable bonds is 34. The van der Waals surface area contributed by atoms with Crippen molar-refractivity contribution < 1.29 is 145 Å². The molecule has 70 heavy (non-hydrogen) atoms. The van der Waals surface area contributed by atoms with Crippen LogP contribution in [0.3, 0.4) is 0 Å². The van der Waals surface area contributed by atoms with E-state index in [1.54, 1.807) is 0 Å². The maximum Gasteiger partial charge on any atom is 0.187 e. The molecular weight excluding hydrogens is 962 g/mol. The summed E-state index contributed by atoms with van der Waals surface area (Å²) in [5.41, 5.74) is 8.47. The van der Waals surface area contributed by atoms with Crippen LogP contribution >= 0.6 is 0 Å². The van der Waals surface area contributed by atoms with Gasteiger partial charge in [0.2, 0.25) is 0 Å². The molecule has 2 heterocycles. The largest absolute Gasteiger partial charge is 0.510 e. The van der Waals surface area contributed by atoms with E-state index in [4.69, 9.17) is 53.6 Å². The molecule has 32 heteroatoms. The number of ether oxygens (including phenoxy) is 8. The molecule has 0 bridgehead atoms. The molecule has 0 spiro atoms. The Labute approximate surface area is 398 Å². The molecule has 0 saturated carbocycles. The molecule has 22 atom stereocenters. The van der Waals surface area contributed by atoms with Crippen LogP contribution in [0.1, 0.15) is 25.7 Å². The van der Waals surface area contributed by atoms with Crippen molar-refractivity contribution in [2.24, 2.45) is 5.11 Å². The molecule has 2 fully saturated rings. The predicted molar refractivity (Wildman–Crippen MR) is 222 cm³/mol. The van der Waals surface area contributed by atoms with E-state index < -0.39 is 212 Å². The Kier molecular flexibility index (Phi) is 29.4. The van der Waals surface area contributed by atoms with E-state index in [0.29, 0.717) is 12.2 Å². The van der Waals surface area contributed by atoms with Gasteiger partial charge in [-0.1, -0.05) is 5.11 Å². The minimum atomic E-state index is -2.45. The van der Waals surface area contributed by atoms with Crippen LogP contribution < -0.4 is 0 Å². The summed E-state index contributed by atoms with van der Waals surface area (Å²) in [4.78, 5) is 2.49. The molecule has 2 rings (SSSR count). The van der Waals surface area contributed by atoms with Crippen LogP contribution in [0.15, 0.2) is 28.8 Å². The minimum Gasteiger partial charge on any atom is -0.510 e. The first-order valence-corrected chi connectivity index (χ1v) is 21.7. The van der Waals surface area contributed by atoms with E-state index in [1.165, 1.54) is 0 Å². The highest BCUT2D eigenvalue weighted by Crippen LogP contribution is 2.29. The fraction of sp³-hybridized carbons (Fsp3) is 0.895. The van der Waals surface area contributed by atoms with Crippen molar-refractivity contribution in [2.45, 2.75) is 161 Å².